The summed E-state index contributed by atoms with van der Waals surface area (Å²) in [6.07, 6.45) is 3.83. The van der Waals surface area contributed by atoms with Gasteiger partial charge in [-0.2, -0.15) is 0 Å². The molecule has 23 heavy (non-hydrogen) atoms. The Labute approximate surface area is 134 Å². The first-order valence-corrected chi connectivity index (χ1v) is 7.56. The zero-order valence-corrected chi connectivity index (χ0v) is 13.2. The van der Waals surface area contributed by atoms with Crippen LogP contribution < -0.4 is 5.32 Å². The summed E-state index contributed by atoms with van der Waals surface area (Å²) in [4.78, 5) is 26.4. The second kappa shape index (κ2) is 6.20. The number of amides is 2. The van der Waals surface area contributed by atoms with Gasteiger partial charge in [-0.1, -0.05) is 11.6 Å². The summed E-state index contributed by atoms with van der Waals surface area (Å²) in [5.74, 6) is -0.209. The topological polar surface area (TPSA) is 80.1 Å². The molecular weight excluding hydrogens is 294 g/mol. The van der Waals surface area contributed by atoms with Gasteiger partial charge in [-0.3, -0.25) is 14.2 Å². The highest BCUT2D eigenvalue weighted by Gasteiger charge is 2.31. The number of carbonyl (C=O) groups is 2. The summed E-state index contributed by atoms with van der Waals surface area (Å²) in [6.45, 7) is 2.99. The van der Waals surface area contributed by atoms with Crippen molar-refractivity contribution < 1.29 is 9.59 Å². The quantitative estimate of drug-likeness (QED) is 0.908. The van der Waals surface area contributed by atoms with E-state index in [2.05, 4.69) is 15.5 Å². The van der Waals surface area contributed by atoms with Crippen LogP contribution in [0, 0.1) is 12.8 Å². The summed E-state index contributed by atoms with van der Waals surface area (Å²) < 4.78 is 1.72. The molecule has 120 valence electrons. The number of benzene rings is 1. The molecule has 0 aliphatic carbocycles. The van der Waals surface area contributed by atoms with E-state index in [9.17, 15) is 9.59 Å². The number of aryl methyl sites for hydroxylation is 1. The van der Waals surface area contributed by atoms with Gasteiger partial charge in [0, 0.05) is 20.1 Å². The fraction of sp³-hybridized carbons (Fsp3) is 0.375. The fourth-order valence-electron chi connectivity index (χ4n) is 2.90. The van der Waals surface area contributed by atoms with Crippen LogP contribution >= 0.6 is 0 Å². The summed E-state index contributed by atoms with van der Waals surface area (Å²) in [7, 11) is 1.62. The van der Waals surface area contributed by atoms with Crippen molar-refractivity contribution in [3.63, 3.8) is 0 Å². The molecule has 0 saturated carbocycles. The first-order valence-electron chi connectivity index (χ1n) is 7.56. The summed E-state index contributed by atoms with van der Waals surface area (Å²) in [5, 5.41) is 10.3. The number of hydrogen-bond acceptors (Lipinski definition) is 4. The standard InChI is InChI=1S/C16H19N5O2/c1-11-3-4-14(21-9-18-19-10-21)13(7-11)16(23)20-6-5-12(8-20)15(22)17-2/h3-4,7,9-10,12H,5-6,8H2,1-2H3,(H,17,22)/t12-/m0/s1. The third-order valence-electron chi connectivity index (χ3n) is 4.17. The van der Waals surface area contributed by atoms with Crippen LogP contribution in [-0.4, -0.2) is 51.6 Å². The van der Waals surface area contributed by atoms with Crippen molar-refractivity contribution >= 4 is 11.8 Å². The molecule has 2 aromatic rings. The molecule has 2 amide bonds. The fourth-order valence-corrected chi connectivity index (χ4v) is 2.90. The number of likely N-dealkylation sites (tertiary alicyclic amines) is 1. The highest BCUT2D eigenvalue weighted by molar-refractivity contribution is 5.98. The Kier molecular flexibility index (Phi) is 4.10. The number of hydrogen-bond donors (Lipinski definition) is 1. The van der Waals surface area contributed by atoms with Crippen molar-refractivity contribution in [1.29, 1.82) is 0 Å². The van der Waals surface area contributed by atoms with Crippen LogP contribution in [0.25, 0.3) is 5.69 Å². The van der Waals surface area contributed by atoms with E-state index in [1.54, 1.807) is 29.2 Å². The van der Waals surface area contributed by atoms with Crippen LogP contribution in [0.4, 0.5) is 0 Å². The molecule has 0 radical (unpaired) electrons. The van der Waals surface area contributed by atoms with Crippen LogP contribution in [0.1, 0.15) is 22.3 Å². The first kappa shape index (κ1) is 15.2. The third kappa shape index (κ3) is 2.94. The van der Waals surface area contributed by atoms with Gasteiger partial charge in [0.2, 0.25) is 5.91 Å². The molecule has 1 aliphatic rings. The zero-order chi connectivity index (χ0) is 16.4. The van der Waals surface area contributed by atoms with Gasteiger partial charge in [0.05, 0.1) is 17.2 Å². The Morgan fingerprint density at radius 3 is 2.70 bits per heavy atom. The van der Waals surface area contributed by atoms with E-state index in [-0.39, 0.29) is 17.7 Å². The summed E-state index contributed by atoms with van der Waals surface area (Å²) in [5.41, 5.74) is 2.35. The van der Waals surface area contributed by atoms with Gasteiger partial charge in [-0.05, 0) is 25.5 Å². The van der Waals surface area contributed by atoms with E-state index in [0.29, 0.717) is 25.1 Å². The minimum atomic E-state index is -0.132. The molecule has 0 spiro atoms. The number of nitrogens with one attached hydrogen (secondary N) is 1. The van der Waals surface area contributed by atoms with Crippen molar-refractivity contribution in [3.05, 3.63) is 42.0 Å². The molecule has 7 nitrogen and oxygen atoms in total. The Hall–Kier alpha value is -2.70. The van der Waals surface area contributed by atoms with Crippen LogP contribution in [0.15, 0.2) is 30.9 Å². The Bertz CT molecular complexity index is 726. The van der Waals surface area contributed by atoms with Crippen molar-refractivity contribution in [2.24, 2.45) is 5.92 Å². The first-order chi connectivity index (χ1) is 11.1. The minimum absolute atomic E-state index is 0.0106. The lowest BCUT2D eigenvalue weighted by Crippen LogP contribution is -2.33. The van der Waals surface area contributed by atoms with Gasteiger partial charge in [-0.15, -0.1) is 10.2 Å². The number of nitrogens with zero attached hydrogens (tertiary/aromatic N) is 4. The predicted molar refractivity (Wildman–Crippen MR) is 84.2 cm³/mol. The highest BCUT2D eigenvalue weighted by atomic mass is 16.2. The van der Waals surface area contributed by atoms with Gasteiger partial charge < -0.3 is 10.2 Å². The van der Waals surface area contributed by atoms with Crippen LogP contribution in [0.2, 0.25) is 0 Å². The predicted octanol–water partition coefficient (Wildman–Crippen LogP) is 0.784. The molecule has 0 unspecified atom stereocenters. The van der Waals surface area contributed by atoms with Gasteiger partial charge >= 0.3 is 0 Å². The van der Waals surface area contributed by atoms with Gasteiger partial charge in [0.15, 0.2) is 0 Å². The van der Waals surface area contributed by atoms with Crippen molar-refractivity contribution in [2.45, 2.75) is 13.3 Å². The van der Waals surface area contributed by atoms with Crippen LogP contribution in [0.3, 0.4) is 0 Å². The summed E-state index contributed by atoms with van der Waals surface area (Å²) in [6, 6.07) is 5.70. The van der Waals surface area contributed by atoms with E-state index in [4.69, 9.17) is 0 Å². The normalized spacial score (nSPS) is 17.3. The van der Waals surface area contributed by atoms with E-state index >= 15 is 0 Å². The molecule has 2 heterocycles. The number of rotatable bonds is 3. The molecule has 0 bridgehead atoms. The maximum absolute atomic E-state index is 12.9. The second-order valence-corrected chi connectivity index (χ2v) is 5.74. The largest absolute Gasteiger partial charge is 0.359 e. The molecule has 7 heteroatoms. The Morgan fingerprint density at radius 2 is 2.00 bits per heavy atom. The van der Waals surface area contributed by atoms with E-state index in [1.165, 1.54) is 0 Å². The van der Waals surface area contributed by atoms with Crippen LogP contribution in [0.5, 0.6) is 0 Å². The maximum atomic E-state index is 12.9. The maximum Gasteiger partial charge on any atom is 0.256 e. The Morgan fingerprint density at radius 1 is 1.26 bits per heavy atom. The number of aromatic nitrogens is 3. The molecular formula is C16H19N5O2. The van der Waals surface area contributed by atoms with Gasteiger partial charge in [-0.25, -0.2) is 0 Å². The molecule has 1 N–H and O–H groups in total. The van der Waals surface area contributed by atoms with Gasteiger partial charge in [0.1, 0.15) is 12.7 Å². The Balaban J connectivity index is 1.88. The van der Waals surface area contributed by atoms with E-state index in [1.807, 2.05) is 25.1 Å². The van der Waals surface area contributed by atoms with Crippen molar-refractivity contribution in [1.82, 2.24) is 25.0 Å². The molecule has 1 fully saturated rings. The molecule has 3 rings (SSSR count). The molecule has 1 aliphatic heterocycles. The van der Waals surface area contributed by atoms with E-state index < -0.39 is 0 Å². The molecule has 1 aromatic heterocycles. The average molecular weight is 313 g/mol. The molecule has 1 aromatic carbocycles. The molecule has 1 atom stereocenters. The monoisotopic (exact) mass is 313 g/mol. The molecule has 1 saturated heterocycles. The summed E-state index contributed by atoms with van der Waals surface area (Å²) >= 11 is 0. The van der Waals surface area contributed by atoms with Crippen molar-refractivity contribution in [3.8, 4) is 5.69 Å². The average Bonchev–Trinajstić information content (AvgIpc) is 3.24. The smallest absolute Gasteiger partial charge is 0.256 e. The zero-order valence-electron chi connectivity index (χ0n) is 13.2. The third-order valence-corrected chi connectivity index (χ3v) is 4.17. The van der Waals surface area contributed by atoms with Crippen molar-refractivity contribution in [2.75, 3.05) is 20.1 Å². The highest BCUT2D eigenvalue weighted by Crippen LogP contribution is 2.23. The lowest BCUT2D eigenvalue weighted by molar-refractivity contribution is -0.124. The lowest BCUT2D eigenvalue weighted by atomic mass is 10.1. The van der Waals surface area contributed by atoms with Crippen LogP contribution in [-0.2, 0) is 4.79 Å². The SMILES string of the molecule is CNC(=O)[C@H]1CCN(C(=O)c2cc(C)ccc2-n2cnnc2)C1. The van der Waals surface area contributed by atoms with E-state index in [0.717, 1.165) is 11.3 Å². The lowest BCUT2D eigenvalue weighted by Gasteiger charge is -2.19. The second-order valence-electron chi connectivity index (χ2n) is 5.74. The minimum Gasteiger partial charge on any atom is -0.359 e. The number of carbonyl (C=O) groups excluding carboxylic acids is 2. The van der Waals surface area contributed by atoms with Gasteiger partial charge in [0.25, 0.3) is 5.91 Å².